The Balaban J connectivity index is 2.55. The number of benzene rings is 1. The van der Waals surface area contributed by atoms with E-state index in [2.05, 4.69) is 26.1 Å². The van der Waals surface area contributed by atoms with Crippen LogP contribution < -0.4 is 5.73 Å². The summed E-state index contributed by atoms with van der Waals surface area (Å²) in [4.78, 5) is 0. The first-order valence-corrected chi connectivity index (χ1v) is 5.63. The summed E-state index contributed by atoms with van der Waals surface area (Å²) in [6.07, 6.45) is 0. The highest BCUT2D eigenvalue weighted by Crippen LogP contribution is 2.29. The minimum absolute atomic E-state index is 0.499. The molecule has 14 heavy (non-hydrogen) atoms. The van der Waals surface area contributed by atoms with Crippen LogP contribution in [0.3, 0.4) is 0 Å². The molecule has 0 fully saturated rings. The van der Waals surface area contributed by atoms with Gasteiger partial charge >= 0.3 is 0 Å². The van der Waals surface area contributed by atoms with Crippen molar-refractivity contribution in [3.63, 3.8) is 0 Å². The third-order valence-electron chi connectivity index (χ3n) is 1.87. The zero-order chi connectivity index (χ0) is 10.1. The second-order valence-corrected chi connectivity index (χ2v) is 4.83. The van der Waals surface area contributed by atoms with Crippen molar-refractivity contribution in [3.05, 3.63) is 28.2 Å². The van der Waals surface area contributed by atoms with Gasteiger partial charge in [0.25, 0.3) is 0 Å². The zero-order valence-corrected chi connectivity index (χ0v) is 9.89. The molecule has 0 aliphatic heterocycles. The van der Waals surface area contributed by atoms with Crippen molar-refractivity contribution in [1.29, 1.82) is 0 Å². The van der Waals surface area contributed by atoms with E-state index in [-0.39, 0.29) is 0 Å². The van der Waals surface area contributed by atoms with Crippen LogP contribution in [0.2, 0.25) is 0 Å². The Morgan fingerprint density at radius 3 is 2.79 bits per heavy atom. The number of anilines is 1. The van der Waals surface area contributed by atoms with Gasteiger partial charge in [-0.2, -0.15) is 0 Å². The van der Waals surface area contributed by atoms with Gasteiger partial charge in [-0.15, -0.1) is 10.2 Å². The molecule has 0 spiro atoms. The van der Waals surface area contributed by atoms with Crippen LogP contribution in [0.25, 0.3) is 10.6 Å². The van der Waals surface area contributed by atoms with Gasteiger partial charge in [-0.1, -0.05) is 33.3 Å². The van der Waals surface area contributed by atoms with Gasteiger partial charge in [-0.25, -0.2) is 0 Å². The topological polar surface area (TPSA) is 51.8 Å². The number of aromatic nitrogens is 2. The van der Waals surface area contributed by atoms with Gasteiger partial charge in [-0.05, 0) is 24.6 Å². The number of halogens is 1. The van der Waals surface area contributed by atoms with Gasteiger partial charge < -0.3 is 5.73 Å². The number of hydrogen-bond donors (Lipinski definition) is 1. The molecule has 5 heteroatoms. The van der Waals surface area contributed by atoms with Crippen LogP contribution >= 0.6 is 27.3 Å². The highest BCUT2D eigenvalue weighted by Gasteiger charge is 2.07. The summed E-state index contributed by atoms with van der Waals surface area (Å²) in [6.45, 7) is 2.04. The molecule has 0 bridgehead atoms. The number of rotatable bonds is 1. The fourth-order valence-corrected chi connectivity index (χ4v) is 2.22. The molecule has 0 aliphatic carbocycles. The fraction of sp³-hybridized carbons (Fsp3) is 0.111. The molecule has 0 aliphatic rings. The van der Waals surface area contributed by atoms with E-state index in [1.165, 1.54) is 16.9 Å². The van der Waals surface area contributed by atoms with Crippen molar-refractivity contribution >= 4 is 32.4 Å². The Hall–Kier alpha value is -0.940. The number of nitrogen functional groups attached to an aromatic ring is 1. The molecule has 2 N–H and O–H groups in total. The summed E-state index contributed by atoms with van der Waals surface area (Å²) in [7, 11) is 0. The summed E-state index contributed by atoms with van der Waals surface area (Å²) in [6, 6.07) is 6.06. The third-order valence-corrected chi connectivity index (χ3v) is 3.15. The second kappa shape index (κ2) is 3.67. The van der Waals surface area contributed by atoms with Crippen molar-refractivity contribution < 1.29 is 0 Å². The van der Waals surface area contributed by atoms with Crippen LogP contribution in [0, 0.1) is 6.92 Å². The van der Waals surface area contributed by atoms with E-state index < -0.39 is 0 Å². The molecule has 72 valence electrons. The van der Waals surface area contributed by atoms with Crippen molar-refractivity contribution in [2.24, 2.45) is 0 Å². The lowest BCUT2D eigenvalue weighted by Crippen LogP contribution is -1.82. The van der Waals surface area contributed by atoms with Crippen LogP contribution in [-0.4, -0.2) is 10.2 Å². The normalized spacial score (nSPS) is 10.4. The summed E-state index contributed by atoms with van der Waals surface area (Å²) in [5.74, 6) is 0. The minimum atomic E-state index is 0.499. The first kappa shape index (κ1) is 9.61. The van der Waals surface area contributed by atoms with Crippen molar-refractivity contribution in [1.82, 2.24) is 10.2 Å². The lowest BCUT2D eigenvalue weighted by atomic mass is 10.1. The average Bonchev–Trinajstić information content (AvgIpc) is 2.56. The number of aryl methyl sites for hydroxylation is 1. The molecule has 1 aromatic heterocycles. The molecule has 0 atom stereocenters. The van der Waals surface area contributed by atoms with Crippen LogP contribution in [-0.2, 0) is 0 Å². The molecule has 0 amide bonds. The second-order valence-electron chi connectivity index (χ2n) is 2.90. The van der Waals surface area contributed by atoms with E-state index in [0.29, 0.717) is 5.13 Å². The van der Waals surface area contributed by atoms with E-state index in [1.54, 1.807) is 0 Å². The maximum absolute atomic E-state index is 5.54. The van der Waals surface area contributed by atoms with Crippen LogP contribution in [0.1, 0.15) is 5.56 Å². The number of hydrogen-bond acceptors (Lipinski definition) is 4. The van der Waals surface area contributed by atoms with Gasteiger partial charge in [0.15, 0.2) is 0 Å². The van der Waals surface area contributed by atoms with E-state index in [0.717, 1.165) is 15.0 Å². The van der Waals surface area contributed by atoms with Crippen molar-refractivity contribution in [2.75, 3.05) is 5.73 Å². The Kier molecular flexibility index (Phi) is 2.52. The molecule has 0 radical (unpaired) electrons. The van der Waals surface area contributed by atoms with Gasteiger partial charge in [0.2, 0.25) is 5.13 Å². The fourth-order valence-electron chi connectivity index (χ4n) is 1.17. The lowest BCUT2D eigenvalue weighted by Gasteiger charge is -2.01. The van der Waals surface area contributed by atoms with Gasteiger partial charge in [0, 0.05) is 10.0 Å². The van der Waals surface area contributed by atoms with Crippen LogP contribution in [0.4, 0.5) is 5.13 Å². The summed E-state index contributed by atoms with van der Waals surface area (Å²) in [5, 5.41) is 9.17. The molecule has 1 heterocycles. The summed E-state index contributed by atoms with van der Waals surface area (Å²) >= 11 is 4.82. The maximum Gasteiger partial charge on any atom is 0.203 e. The number of nitrogens with two attached hydrogens (primary N) is 1. The first-order chi connectivity index (χ1) is 6.66. The minimum Gasteiger partial charge on any atom is -0.374 e. The maximum atomic E-state index is 5.54. The lowest BCUT2D eigenvalue weighted by molar-refractivity contribution is 1.10. The van der Waals surface area contributed by atoms with E-state index in [1.807, 2.05) is 25.1 Å². The molecule has 0 saturated carbocycles. The van der Waals surface area contributed by atoms with Crippen molar-refractivity contribution in [2.45, 2.75) is 6.92 Å². The molecular weight excluding hydrogens is 262 g/mol. The smallest absolute Gasteiger partial charge is 0.203 e. The largest absolute Gasteiger partial charge is 0.374 e. The first-order valence-electron chi connectivity index (χ1n) is 4.02. The monoisotopic (exact) mass is 269 g/mol. The Morgan fingerprint density at radius 1 is 1.36 bits per heavy atom. The van der Waals surface area contributed by atoms with Gasteiger partial charge in [0.1, 0.15) is 5.01 Å². The zero-order valence-electron chi connectivity index (χ0n) is 7.49. The van der Waals surface area contributed by atoms with E-state index in [4.69, 9.17) is 5.73 Å². The predicted molar refractivity (Wildman–Crippen MR) is 62.2 cm³/mol. The number of nitrogens with zero attached hydrogens (tertiary/aromatic N) is 2. The molecule has 1 aromatic carbocycles. The Bertz CT molecular complexity index is 467. The average molecular weight is 270 g/mol. The van der Waals surface area contributed by atoms with Gasteiger partial charge in [-0.3, -0.25) is 0 Å². The molecule has 3 nitrogen and oxygen atoms in total. The van der Waals surface area contributed by atoms with Gasteiger partial charge in [0.05, 0.1) is 0 Å². The van der Waals surface area contributed by atoms with E-state index in [9.17, 15) is 0 Å². The standard InChI is InChI=1S/C9H8BrN3S/c1-5-2-3-6(10)4-7(5)8-12-13-9(11)14-8/h2-4H,1H3,(H2,11,13). The molecule has 0 saturated heterocycles. The van der Waals surface area contributed by atoms with Crippen LogP contribution in [0.5, 0.6) is 0 Å². The molecule has 0 unspecified atom stereocenters. The highest BCUT2D eigenvalue weighted by atomic mass is 79.9. The molecule has 2 rings (SSSR count). The highest BCUT2D eigenvalue weighted by molar-refractivity contribution is 9.10. The quantitative estimate of drug-likeness (QED) is 0.866. The third kappa shape index (κ3) is 1.78. The van der Waals surface area contributed by atoms with E-state index >= 15 is 0 Å². The van der Waals surface area contributed by atoms with Crippen LogP contribution in [0.15, 0.2) is 22.7 Å². The Labute approximate surface area is 94.1 Å². The SMILES string of the molecule is Cc1ccc(Br)cc1-c1nnc(N)s1. The summed E-state index contributed by atoms with van der Waals surface area (Å²) < 4.78 is 1.03. The molecule has 2 aromatic rings. The predicted octanol–water partition coefficient (Wildman–Crippen LogP) is 2.86. The Morgan fingerprint density at radius 2 is 2.14 bits per heavy atom. The summed E-state index contributed by atoms with van der Waals surface area (Å²) in [5.41, 5.74) is 7.79. The molecular formula is C9H8BrN3S. The van der Waals surface area contributed by atoms with Crippen molar-refractivity contribution in [3.8, 4) is 10.6 Å².